The standard InChI is InChI=1S/C19H26O3/c1-19-8-7-13-12-4-3-11(22-2)9-15(12)17(20)10-14(13)16(19)5-6-18(19)21/h3-4,9,13-14,16-18,20-21H,5-8,10H2,1-2H3/t13-,14-,16+,17?,18+,19+/m1/s1. The van der Waals surface area contributed by atoms with Crippen molar-refractivity contribution in [1.29, 1.82) is 0 Å². The van der Waals surface area contributed by atoms with Crippen molar-refractivity contribution in [1.82, 2.24) is 0 Å². The third kappa shape index (κ3) is 1.88. The van der Waals surface area contributed by atoms with Gasteiger partial charge in [0.1, 0.15) is 5.75 Å². The van der Waals surface area contributed by atoms with Crippen LogP contribution in [0.2, 0.25) is 0 Å². The molecule has 2 fully saturated rings. The maximum Gasteiger partial charge on any atom is 0.119 e. The topological polar surface area (TPSA) is 49.7 Å². The van der Waals surface area contributed by atoms with Crippen molar-refractivity contribution in [3.8, 4) is 5.75 Å². The van der Waals surface area contributed by atoms with Crippen LogP contribution in [0.15, 0.2) is 18.2 Å². The van der Waals surface area contributed by atoms with Crippen molar-refractivity contribution in [2.24, 2.45) is 17.3 Å². The van der Waals surface area contributed by atoms with Gasteiger partial charge in [-0.3, -0.25) is 0 Å². The number of benzene rings is 1. The zero-order valence-electron chi connectivity index (χ0n) is 13.5. The summed E-state index contributed by atoms with van der Waals surface area (Å²) in [5, 5.41) is 21.1. The van der Waals surface area contributed by atoms with Crippen molar-refractivity contribution in [2.45, 2.75) is 57.2 Å². The third-order valence-electron chi connectivity index (χ3n) is 6.93. The third-order valence-corrected chi connectivity index (χ3v) is 6.93. The second kappa shape index (κ2) is 4.97. The number of hydrogen-bond acceptors (Lipinski definition) is 3. The summed E-state index contributed by atoms with van der Waals surface area (Å²) in [5.41, 5.74) is 2.43. The van der Waals surface area contributed by atoms with Gasteiger partial charge < -0.3 is 14.9 Å². The fourth-order valence-corrected chi connectivity index (χ4v) is 5.67. The summed E-state index contributed by atoms with van der Waals surface area (Å²) in [6, 6.07) is 6.18. The predicted molar refractivity (Wildman–Crippen MR) is 84.9 cm³/mol. The molecule has 1 aromatic rings. The smallest absolute Gasteiger partial charge is 0.119 e. The Hall–Kier alpha value is -1.06. The van der Waals surface area contributed by atoms with Gasteiger partial charge in [-0.25, -0.2) is 0 Å². The molecule has 1 unspecified atom stereocenters. The molecule has 0 heterocycles. The van der Waals surface area contributed by atoms with E-state index in [0.29, 0.717) is 17.8 Å². The lowest BCUT2D eigenvalue weighted by molar-refractivity contribution is -0.0372. The molecular formula is C19H26O3. The molecule has 0 aliphatic heterocycles. The molecule has 22 heavy (non-hydrogen) atoms. The maximum absolute atomic E-state index is 10.7. The molecular weight excluding hydrogens is 276 g/mol. The van der Waals surface area contributed by atoms with Crippen LogP contribution in [0.3, 0.4) is 0 Å². The summed E-state index contributed by atoms with van der Waals surface area (Å²) < 4.78 is 5.32. The molecule has 3 heteroatoms. The molecule has 2 N–H and O–H groups in total. The molecule has 0 aromatic heterocycles. The average molecular weight is 302 g/mol. The second-order valence-electron chi connectivity index (χ2n) is 7.76. The molecule has 0 saturated heterocycles. The highest BCUT2D eigenvalue weighted by atomic mass is 16.5. The minimum atomic E-state index is -0.397. The lowest BCUT2D eigenvalue weighted by Gasteiger charge is -2.50. The van der Waals surface area contributed by atoms with E-state index in [9.17, 15) is 10.2 Å². The SMILES string of the molecule is COc1ccc2c(c1)C(O)C[C@@H]1[C@@H]2CC[C@]2(C)[C@@H](O)CC[C@@H]12. The van der Waals surface area contributed by atoms with E-state index >= 15 is 0 Å². The first-order valence-corrected chi connectivity index (χ1v) is 8.58. The van der Waals surface area contributed by atoms with Crippen LogP contribution in [0.1, 0.15) is 62.2 Å². The van der Waals surface area contributed by atoms with Gasteiger partial charge in [0.25, 0.3) is 0 Å². The molecule has 0 radical (unpaired) electrons. The molecule has 3 nitrogen and oxygen atoms in total. The average Bonchev–Trinajstić information content (AvgIpc) is 2.83. The highest BCUT2D eigenvalue weighted by Gasteiger charge is 2.55. The Morgan fingerprint density at radius 3 is 2.73 bits per heavy atom. The van der Waals surface area contributed by atoms with Gasteiger partial charge in [-0.2, -0.15) is 0 Å². The van der Waals surface area contributed by atoms with Gasteiger partial charge in [0.15, 0.2) is 0 Å². The summed E-state index contributed by atoms with van der Waals surface area (Å²) in [7, 11) is 1.67. The molecule has 0 amide bonds. The van der Waals surface area contributed by atoms with Crippen LogP contribution in [0, 0.1) is 17.3 Å². The van der Waals surface area contributed by atoms with Gasteiger partial charge in [-0.1, -0.05) is 13.0 Å². The van der Waals surface area contributed by atoms with E-state index in [2.05, 4.69) is 13.0 Å². The molecule has 4 rings (SSSR count). The fourth-order valence-electron chi connectivity index (χ4n) is 5.67. The van der Waals surface area contributed by atoms with Crippen LogP contribution in [0.25, 0.3) is 0 Å². The summed E-state index contributed by atoms with van der Waals surface area (Å²) in [6.07, 6.45) is 4.53. The first-order chi connectivity index (χ1) is 10.5. The Morgan fingerprint density at radius 1 is 1.14 bits per heavy atom. The first-order valence-electron chi connectivity index (χ1n) is 8.58. The molecule has 0 spiro atoms. The summed E-state index contributed by atoms with van der Waals surface area (Å²) >= 11 is 0. The highest BCUT2D eigenvalue weighted by Crippen LogP contribution is 2.62. The van der Waals surface area contributed by atoms with Gasteiger partial charge in [0.2, 0.25) is 0 Å². The molecule has 3 aliphatic rings. The van der Waals surface area contributed by atoms with Gasteiger partial charge >= 0.3 is 0 Å². The molecule has 3 aliphatic carbocycles. The quantitative estimate of drug-likeness (QED) is 0.836. The number of ether oxygens (including phenoxy) is 1. The highest BCUT2D eigenvalue weighted by molar-refractivity contribution is 5.42. The number of aliphatic hydroxyl groups excluding tert-OH is 2. The van der Waals surface area contributed by atoms with E-state index in [-0.39, 0.29) is 11.5 Å². The van der Waals surface area contributed by atoms with E-state index in [4.69, 9.17) is 4.74 Å². The minimum Gasteiger partial charge on any atom is -0.497 e. The van der Waals surface area contributed by atoms with Crippen molar-refractivity contribution in [2.75, 3.05) is 7.11 Å². The Balaban J connectivity index is 1.73. The fraction of sp³-hybridized carbons (Fsp3) is 0.684. The zero-order valence-corrected chi connectivity index (χ0v) is 13.5. The summed E-state index contributed by atoms with van der Waals surface area (Å²) in [5.74, 6) is 2.42. The monoisotopic (exact) mass is 302 g/mol. The van der Waals surface area contributed by atoms with Crippen molar-refractivity contribution in [3.63, 3.8) is 0 Å². The van der Waals surface area contributed by atoms with E-state index in [1.54, 1.807) is 7.11 Å². The number of methoxy groups -OCH3 is 1. The first kappa shape index (κ1) is 14.5. The second-order valence-corrected chi connectivity index (χ2v) is 7.76. The van der Waals surface area contributed by atoms with E-state index in [1.807, 2.05) is 12.1 Å². The van der Waals surface area contributed by atoms with Crippen LogP contribution in [0.5, 0.6) is 5.75 Å². The predicted octanol–water partition coefficient (Wildman–Crippen LogP) is 3.40. The lowest BCUT2D eigenvalue weighted by Crippen LogP contribution is -2.44. The summed E-state index contributed by atoms with van der Waals surface area (Å²) in [4.78, 5) is 0. The molecule has 2 saturated carbocycles. The van der Waals surface area contributed by atoms with Gasteiger partial charge in [-0.15, -0.1) is 0 Å². The largest absolute Gasteiger partial charge is 0.497 e. The lowest BCUT2D eigenvalue weighted by atomic mass is 9.55. The molecule has 6 atom stereocenters. The van der Waals surface area contributed by atoms with E-state index in [1.165, 1.54) is 5.56 Å². The molecule has 0 bridgehead atoms. The number of rotatable bonds is 1. The van der Waals surface area contributed by atoms with Crippen LogP contribution in [-0.4, -0.2) is 23.4 Å². The van der Waals surface area contributed by atoms with Crippen molar-refractivity contribution < 1.29 is 14.9 Å². The number of hydrogen-bond donors (Lipinski definition) is 2. The van der Waals surface area contributed by atoms with Crippen LogP contribution < -0.4 is 4.74 Å². The van der Waals surface area contributed by atoms with Crippen LogP contribution in [0.4, 0.5) is 0 Å². The van der Waals surface area contributed by atoms with Gasteiger partial charge in [0, 0.05) is 0 Å². The van der Waals surface area contributed by atoms with Crippen molar-refractivity contribution >= 4 is 0 Å². The van der Waals surface area contributed by atoms with Crippen LogP contribution >= 0.6 is 0 Å². The Bertz CT molecular complexity index is 584. The number of fused-ring (bicyclic) bond motifs is 5. The van der Waals surface area contributed by atoms with E-state index < -0.39 is 6.10 Å². The Kier molecular flexibility index (Phi) is 3.28. The zero-order chi connectivity index (χ0) is 15.5. The van der Waals surface area contributed by atoms with E-state index in [0.717, 1.165) is 43.4 Å². The molecule has 1 aromatic carbocycles. The normalized spacial score (nSPS) is 43.2. The van der Waals surface area contributed by atoms with Gasteiger partial charge in [-0.05, 0) is 78.5 Å². The summed E-state index contributed by atoms with van der Waals surface area (Å²) in [6.45, 7) is 2.27. The Morgan fingerprint density at radius 2 is 1.95 bits per heavy atom. The molecule has 120 valence electrons. The van der Waals surface area contributed by atoms with Gasteiger partial charge in [0.05, 0.1) is 19.3 Å². The van der Waals surface area contributed by atoms with Crippen molar-refractivity contribution in [3.05, 3.63) is 29.3 Å². The minimum absolute atomic E-state index is 0.0604. The Labute approximate surface area is 132 Å². The maximum atomic E-state index is 10.7. The van der Waals surface area contributed by atoms with Crippen LogP contribution in [-0.2, 0) is 0 Å². The number of aliphatic hydroxyl groups is 2.